The van der Waals surface area contributed by atoms with Gasteiger partial charge in [-0.05, 0) is 13.4 Å². The van der Waals surface area contributed by atoms with E-state index in [0.29, 0.717) is 0 Å². The van der Waals surface area contributed by atoms with Crippen molar-refractivity contribution in [1.29, 1.82) is 0 Å². The summed E-state index contributed by atoms with van der Waals surface area (Å²) in [7, 11) is 3.05. The van der Waals surface area contributed by atoms with E-state index < -0.39 is 12.2 Å². The van der Waals surface area contributed by atoms with Gasteiger partial charge in [0.25, 0.3) is 0 Å². The number of hydrogen-bond acceptors (Lipinski definition) is 7. The van der Waals surface area contributed by atoms with Gasteiger partial charge in [-0.3, -0.25) is 19.8 Å². The normalized spacial score (nSPS) is 10.5. The molecule has 0 aromatic heterocycles. The second-order valence-electron chi connectivity index (χ2n) is 4.02. The fourth-order valence-corrected chi connectivity index (χ4v) is 1.10. The molecule has 0 bridgehead atoms. The molecule has 9 heteroatoms. The van der Waals surface area contributed by atoms with Crippen molar-refractivity contribution < 1.29 is 23.8 Å². The molecule has 0 radical (unpaired) electrons. The highest BCUT2D eigenvalue weighted by Gasteiger charge is 2.07. The van der Waals surface area contributed by atoms with Crippen molar-refractivity contribution in [2.75, 3.05) is 40.5 Å². The zero-order chi connectivity index (χ0) is 17.5. The SMILES string of the molecule is C=N/C=C\N(C)C(=O)OCCOCCOC(=O)N(C)/C=C\N=C. The van der Waals surface area contributed by atoms with Gasteiger partial charge in [0.05, 0.1) is 13.2 Å². The van der Waals surface area contributed by atoms with E-state index in [4.69, 9.17) is 14.2 Å². The van der Waals surface area contributed by atoms with Gasteiger partial charge in [-0.1, -0.05) is 0 Å². The first-order chi connectivity index (χ1) is 11.0. The largest absolute Gasteiger partial charge is 0.447 e. The molecule has 0 aliphatic rings. The summed E-state index contributed by atoms with van der Waals surface area (Å²) in [5.41, 5.74) is 0. The molecule has 0 aromatic rings. The summed E-state index contributed by atoms with van der Waals surface area (Å²) in [6, 6.07) is 0. The maximum Gasteiger partial charge on any atom is 0.413 e. The molecule has 128 valence electrons. The minimum absolute atomic E-state index is 0.0835. The van der Waals surface area contributed by atoms with Crippen LogP contribution in [-0.2, 0) is 14.2 Å². The van der Waals surface area contributed by atoms with Crippen LogP contribution in [0.25, 0.3) is 0 Å². The number of carbonyl (C=O) groups excluding carboxylic acids is 2. The van der Waals surface area contributed by atoms with E-state index >= 15 is 0 Å². The summed E-state index contributed by atoms with van der Waals surface area (Å²) in [5, 5.41) is 0. The van der Waals surface area contributed by atoms with Gasteiger partial charge < -0.3 is 14.2 Å². The Morgan fingerprint density at radius 1 is 0.870 bits per heavy atom. The molecule has 0 saturated carbocycles. The lowest BCUT2D eigenvalue weighted by molar-refractivity contribution is 0.0371. The van der Waals surface area contributed by atoms with Crippen molar-refractivity contribution in [2.45, 2.75) is 0 Å². The minimum Gasteiger partial charge on any atom is -0.447 e. The summed E-state index contributed by atoms with van der Waals surface area (Å²) in [5.74, 6) is 0. The molecular formula is C14H22N4O5. The third-order valence-electron chi connectivity index (χ3n) is 2.27. The van der Waals surface area contributed by atoms with Crippen LogP contribution in [-0.4, -0.2) is 75.9 Å². The number of hydrogen-bond donors (Lipinski definition) is 0. The zero-order valence-electron chi connectivity index (χ0n) is 13.4. The van der Waals surface area contributed by atoms with Gasteiger partial charge in [0.1, 0.15) is 13.2 Å². The Balaban J connectivity index is 3.66. The van der Waals surface area contributed by atoms with Crippen molar-refractivity contribution in [3.8, 4) is 0 Å². The van der Waals surface area contributed by atoms with Crippen LogP contribution < -0.4 is 0 Å². The fourth-order valence-electron chi connectivity index (χ4n) is 1.10. The lowest BCUT2D eigenvalue weighted by Gasteiger charge is -2.13. The molecule has 0 unspecified atom stereocenters. The molecule has 9 nitrogen and oxygen atoms in total. The van der Waals surface area contributed by atoms with Crippen molar-refractivity contribution in [3.05, 3.63) is 24.8 Å². The van der Waals surface area contributed by atoms with Crippen LogP contribution in [0.2, 0.25) is 0 Å². The van der Waals surface area contributed by atoms with Crippen molar-refractivity contribution >= 4 is 25.6 Å². The molecule has 0 saturated heterocycles. The van der Waals surface area contributed by atoms with Gasteiger partial charge >= 0.3 is 12.2 Å². The van der Waals surface area contributed by atoms with Gasteiger partial charge in [-0.25, -0.2) is 9.59 Å². The lowest BCUT2D eigenvalue weighted by atomic mass is 10.7. The topological polar surface area (TPSA) is 93.0 Å². The zero-order valence-corrected chi connectivity index (χ0v) is 13.4. The highest BCUT2D eigenvalue weighted by atomic mass is 16.6. The third-order valence-corrected chi connectivity index (χ3v) is 2.27. The number of rotatable bonds is 10. The average Bonchev–Trinajstić information content (AvgIpc) is 2.55. The number of ether oxygens (including phenoxy) is 3. The van der Waals surface area contributed by atoms with Crippen LogP contribution in [0.3, 0.4) is 0 Å². The standard InChI is InChI=1S/C14H22N4O5/c1-15-5-7-17(3)13(19)22-11-9-21-10-12-23-14(20)18(4)8-6-16-2/h5-8H,1-2,9-12H2,3-4H3/b7-5-,8-6-. The number of amides is 2. The van der Waals surface area contributed by atoms with Crippen molar-refractivity contribution in [1.82, 2.24) is 9.80 Å². The van der Waals surface area contributed by atoms with Gasteiger partial charge in [-0.15, -0.1) is 0 Å². The molecule has 2 amide bonds. The highest BCUT2D eigenvalue weighted by Crippen LogP contribution is 1.94. The average molecular weight is 326 g/mol. The summed E-state index contributed by atoms with van der Waals surface area (Å²) in [4.78, 5) is 32.2. The number of aliphatic imine (C=N–C) groups is 2. The Kier molecular flexibility index (Phi) is 11.5. The molecule has 0 heterocycles. The van der Waals surface area contributed by atoms with Crippen LogP contribution >= 0.6 is 0 Å². The maximum atomic E-state index is 11.4. The molecule has 0 rings (SSSR count). The first-order valence-electron chi connectivity index (χ1n) is 6.64. The molecule has 0 N–H and O–H groups in total. The maximum absolute atomic E-state index is 11.4. The third kappa shape index (κ3) is 10.7. The molecular weight excluding hydrogens is 304 g/mol. The highest BCUT2D eigenvalue weighted by molar-refractivity contribution is 5.68. The van der Waals surface area contributed by atoms with Crippen molar-refractivity contribution in [2.24, 2.45) is 9.98 Å². The molecule has 0 atom stereocenters. The van der Waals surface area contributed by atoms with Gasteiger partial charge in [0.2, 0.25) is 0 Å². The first-order valence-corrected chi connectivity index (χ1v) is 6.64. The van der Waals surface area contributed by atoms with E-state index in [1.807, 2.05) is 0 Å². The van der Waals surface area contributed by atoms with E-state index in [1.54, 1.807) is 0 Å². The van der Waals surface area contributed by atoms with E-state index in [2.05, 4.69) is 23.4 Å². The quantitative estimate of drug-likeness (QED) is 0.448. The number of nitrogens with zero attached hydrogens (tertiary/aromatic N) is 4. The molecule has 23 heavy (non-hydrogen) atoms. The summed E-state index contributed by atoms with van der Waals surface area (Å²) in [6.07, 6.45) is 4.49. The molecule has 0 aliphatic heterocycles. The molecule has 0 spiro atoms. The van der Waals surface area contributed by atoms with Gasteiger partial charge in [-0.2, -0.15) is 0 Å². The van der Waals surface area contributed by atoms with Gasteiger partial charge in [0.15, 0.2) is 0 Å². The monoisotopic (exact) mass is 326 g/mol. The van der Waals surface area contributed by atoms with E-state index in [-0.39, 0.29) is 26.4 Å². The lowest BCUT2D eigenvalue weighted by Crippen LogP contribution is -2.25. The summed E-state index contributed by atoms with van der Waals surface area (Å²) >= 11 is 0. The first kappa shape index (κ1) is 20.3. The molecule has 0 fully saturated rings. The van der Waals surface area contributed by atoms with Crippen LogP contribution in [0.5, 0.6) is 0 Å². The predicted molar refractivity (Wildman–Crippen MR) is 86.4 cm³/mol. The Bertz CT molecular complexity index is 410. The van der Waals surface area contributed by atoms with E-state index in [0.717, 1.165) is 0 Å². The van der Waals surface area contributed by atoms with Crippen LogP contribution in [0.1, 0.15) is 0 Å². The van der Waals surface area contributed by atoms with Crippen LogP contribution in [0, 0.1) is 0 Å². The van der Waals surface area contributed by atoms with Crippen molar-refractivity contribution in [3.63, 3.8) is 0 Å². The Morgan fingerprint density at radius 3 is 1.61 bits per heavy atom. The fraction of sp³-hybridized carbons (Fsp3) is 0.429. The summed E-state index contributed by atoms with van der Waals surface area (Å²) < 4.78 is 15.0. The van der Waals surface area contributed by atoms with Crippen LogP contribution in [0.15, 0.2) is 34.8 Å². The summed E-state index contributed by atoms with van der Waals surface area (Å²) in [6.45, 7) is 7.05. The Labute approximate surface area is 135 Å². The number of carbonyl (C=O) groups is 2. The molecule has 0 aromatic carbocycles. The second kappa shape index (κ2) is 13.0. The minimum atomic E-state index is -0.538. The van der Waals surface area contributed by atoms with E-state index in [9.17, 15) is 9.59 Å². The smallest absolute Gasteiger partial charge is 0.413 e. The molecule has 0 aliphatic carbocycles. The predicted octanol–water partition coefficient (Wildman–Crippen LogP) is 1.48. The second-order valence-corrected chi connectivity index (χ2v) is 4.02. The Morgan fingerprint density at radius 2 is 1.26 bits per heavy atom. The van der Waals surface area contributed by atoms with Gasteiger partial charge in [0, 0.05) is 38.9 Å². The Hall–Kier alpha value is -2.68. The van der Waals surface area contributed by atoms with E-state index in [1.165, 1.54) is 48.7 Å². The van der Waals surface area contributed by atoms with Crippen LogP contribution in [0.4, 0.5) is 9.59 Å².